The highest BCUT2D eigenvalue weighted by Crippen LogP contribution is 2.19. The van der Waals surface area contributed by atoms with Crippen molar-refractivity contribution in [3.8, 4) is 0 Å². The molecule has 0 heterocycles. The normalized spacial score (nSPS) is 10.3. The van der Waals surface area contributed by atoms with Crippen LogP contribution in [0.3, 0.4) is 0 Å². The van der Waals surface area contributed by atoms with Gasteiger partial charge < -0.3 is 11.1 Å². The van der Waals surface area contributed by atoms with Gasteiger partial charge in [-0.15, -0.1) is 0 Å². The Morgan fingerprint density at radius 2 is 1.70 bits per heavy atom. The van der Waals surface area contributed by atoms with Crippen LogP contribution in [0.1, 0.15) is 23.1 Å². The quantitative estimate of drug-likeness (QED) is 0.834. The second-order valence-electron chi connectivity index (χ2n) is 5.12. The maximum absolute atomic E-state index is 11.9. The first-order chi connectivity index (χ1) is 9.54. The molecule has 0 unspecified atom stereocenters. The van der Waals surface area contributed by atoms with Crippen molar-refractivity contribution >= 4 is 17.3 Å². The lowest BCUT2D eigenvalue weighted by atomic mass is 10.1. The minimum Gasteiger partial charge on any atom is -0.397 e. The number of rotatable bonds is 4. The average molecular weight is 268 g/mol. The Bertz CT molecular complexity index is 603. The van der Waals surface area contributed by atoms with Crippen LogP contribution >= 0.6 is 0 Å². The molecule has 20 heavy (non-hydrogen) atoms. The number of carbonyl (C=O) groups excluding carboxylic acids is 1. The highest BCUT2D eigenvalue weighted by Gasteiger charge is 2.06. The van der Waals surface area contributed by atoms with Gasteiger partial charge in [-0.1, -0.05) is 35.9 Å². The summed E-state index contributed by atoms with van der Waals surface area (Å²) in [6.07, 6.45) is 1.19. The molecule has 0 aromatic heterocycles. The Hall–Kier alpha value is -2.29. The van der Waals surface area contributed by atoms with Gasteiger partial charge >= 0.3 is 0 Å². The van der Waals surface area contributed by atoms with Gasteiger partial charge in [-0.3, -0.25) is 4.79 Å². The maximum atomic E-state index is 11.9. The highest BCUT2D eigenvalue weighted by atomic mass is 16.1. The third kappa shape index (κ3) is 3.85. The zero-order valence-electron chi connectivity index (χ0n) is 11.9. The van der Waals surface area contributed by atoms with Crippen molar-refractivity contribution in [1.29, 1.82) is 0 Å². The van der Waals surface area contributed by atoms with E-state index >= 15 is 0 Å². The standard InChI is InChI=1S/C17H20N2O/c1-12-3-6-14(7-4-12)8-10-17(20)19-16-11-13(2)5-9-15(16)18/h3-7,9,11H,8,10,18H2,1-2H3,(H,19,20). The zero-order valence-corrected chi connectivity index (χ0v) is 11.9. The summed E-state index contributed by atoms with van der Waals surface area (Å²) < 4.78 is 0. The SMILES string of the molecule is Cc1ccc(CCC(=O)Nc2cc(C)ccc2N)cc1. The molecule has 3 heteroatoms. The number of carbonyl (C=O) groups is 1. The molecular weight excluding hydrogens is 248 g/mol. The van der Waals surface area contributed by atoms with Gasteiger partial charge in [0.05, 0.1) is 11.4 Å². The van der Waals surface area contributed by atoms with Crippen molar-refractivity contribution in [2.75, 3.05) is 11.1 Å². The van der Waals surface area contributed by atoms with Crippen molar-refractivity contribution in [2.45, 2.75) is 26.7 Å². The first kappa shape index (κ1) is 14.1. The Balaban J connectivity index is 1.92. The Morgan fingerprint density at radius 1 is 1.05 bits per heavy atom. The van der Waals surface area contributed by atoms with Gasteiger partial charge in [-0.2, -0.15) is 0 Å². The minimum atomic E-state index is -0.0112. The third-order valence-corrected chi connectivity index (χ3v) is 3.24. The van der Waals surface area contributed by atoms with E-state index in [1.807, 2.05) is 25.1 Å². The molecule has 0 spiro atoms. The fourth-order valence-corrected chi connectivity index (χ4v) is 2.00. The van der Waals surface area contributed by atoms with Crippen LogP contribution in [-0.4, -0.2) is 5.91 Å². The predicted molar refractivity (Wildman–Crippen MR) is 83.7 cm³/mol. The monoisotopic (exact) mass is 268 g/mol. The molecule has 0 bridgehead atoms. The number of nitrogens with two attached hydrogens (primary N) is 1. The summed E-state index contributed by atoms with van der Waals surface area (Å²) in [6, 6.07) is 13.9. The second kappa shape index (κ2) is 6.24. The molecule has 0 aliphatic heterocycles. The van der Waals surface area contributed by atoms with Gasteiger partial charge in [0.25, 0.3) is 0 Å². The summed E-state index contributed by atoms with van der Waals surface area (Å²) in [6.45, 7) is 4.03. The lowest BCUT2D eigenvalue weighted by molar-refractivity contribution is -0.116. The van der Waals surface area contributed by atoms with Crippen LogP contribution in [0.15, 0.2) is 42.5 Å². The summed E-state index contributed by atoms with van der Waals surface area (Å²) in [4.78, 5) is 11.9. The molecule has 0 aliphatic carbocycles. The molecule has 0 radical (unpaired) electrons. The van der Waals surface area contributed by atoms with Gasteiger partial charge in [0, 0.05) is 6.42 Å². The number of hydrogen-bond acceptors (Lipinski definition) is 2. The van der Waals surface area contributed by atoms with Crippen molar-refractivity contribution in [3.05, 3.63) is 59.2 Å². The van der Waals surface area contributed by atoms with E-state index in [1.54, 1.807) is 0 Å². The van der Waals surface area contributed by atoms with Gasteiger partial charge in [-0.05, 0) is 43.5 Å². The van der Waals surface area contributed by atoms with Crippen molar-refractivity contribution < 1.29 is 4.79 Å². The molecule has 2 rings (SSSR count). The van der Waals surface area contributed by atoms with Crippen LogP contribution in [-0.2, 0) is 11.2 Å². The Morgan fingerprint density at radius 3 is 2.40 bits per heavy atom. The maximum Gasteiger partial charge on any atom is 0.224 e. The molecule has 0 aliphatic rings. The summed E-state index contributed by atoms with van der Waals surface area (Å²) in [5.41, 5.74) is 10.6. The molecule has 0 fully saturated rings. The average Bonchev–Trinajstić information content (AvgIpc) is 2.42. The molecule has 3 nitrogen and oxygen atoms in total. The molecule has 2 aromatic rings. The van der Waals surface area contributed by atoms with E-state index in [-0.39, 0.29) is 5.91 Å². The molecule has 3 N–H and O–H groups in total. The van der Waals surface area contributed by atoms with E-state index in [9.17, 15) is 4.79 Å². The van der Waals surface area contributed by atoms with Crippen LogP contribution in [0.5, 0.6) is 0 Å². The van der Waals surface area contributed by atoms with E-state index in [1.165, 1.54) is 11.1 Å². The number of hydrogen-bond donors (Lipinski definition) is 2. The molecule has 1 amide bonds. The topological polar surface area (TPSA) is 55.1 Å². The number of anilines is 2. The zero-order chi connectivity index (χ0) is 14.5. The number of nitrogen functional groups attached to an aromatic ring is 1. The number of benzene rings is 2. The molecule has 0 saturated heterocycles. The number of nitrogens with one attached hydrogen (secondary N) is 1. The minimum absolute atomic E-state index is 0.0112. The van der Waals surface area contributed by atoms with Gasteiger partial charge in [0.1, 0.15) is 0 Å². The smallest absolute Gasteiger partial charge is 0.224 e. The van der Waals surface area contributed by atoms with Gasteiger partial charge in [0.15, 0.2) is 0 Å². The summed E-state index contributed by atoms with van der Waals surface area (Å²) >= 11 is 0. The second-order valence-corrected chi connectivity index (χ2v) is 5.12. The lowest BCUT2D eigenvalue weighted by Crippen LogP contribution is -2.13. The van der Waals surface area contributed by atoms with Crippen molar-refractivity contribution in [2.24, 2.45) is 0 Å². The fourth-order valence-electron chi connectivity index (χ4n) is 2.00. The van der Waals surface area contributed by atoms with Crippen molar-refractivity contribution in [1.82, 2.24) is 0 Å². The van der Waals surface area contributed by atoms with E-state index in [0.717, 1.165) is 12.0 Å². The first-order valence-electron chi connectivity index (χ1n) is 6.76. The Labute approximate surface area is 119 Å². The van der Waals surface area contributed by atoms with E-state index in [4.69, 9.17) is 5.73 Å². The molecule has 2 aromatic carbocycles. The Kier molecular flexibility index (Phi) is 4.41. The fraction of sp³-hybridized carbons (Fsp3) is 0.235. The van der Waals surface area contributed by atoms with E-state index in [2.05, 4.69) is 36.5 Å². The van der Waals surface area contributed by atoms with Crippen LogP contribution in [0.25, 0.3) is 0 Å². The summed E-state index contributed by atoms with van der Waals surface area (Å²) in [5, 5.41) is 2.87. The lowest BCUT2D eigenvalue weighted by Gasteiger charge is -2.09. The van der Waals surface area contributed by atoms with Crippen LogP contribution < -0.4 is 11.1 Å². The van der Waals surface area contributed by atoms with Crippen LogP contribution in [0, 0.1) is 13.8 Å². The van der Waals surface area contributed by atoms with Crippen molar-refractivity contribution in [3.63, 3.8) is 0 Å². The van der Waals surface area contributed by atoms with Crippen LogP contribution in [0.2, 0.25) is 0 Å². The summed E-state index contributed by atoms with van der Waals surface area (Å²) in [7, 11) is 0. The van der Waals surface area contributed by atoms with E-state index < -0.39 is 0 Å². The van der Waals surface area contributed by atoms with Gasteiger partial charge in [0.2, 0.25) is 5.91 Å². The summed E-state index contributed by atoms with van der Waals surface area (Å²) in [5.74, 6) is -0.0112. The highest BCUT2D eigenvalue weighted by molar-refractivity contribution is 5.94. The molecule has 0 atom stereocenters. The predicted octanol–water partition coefficient (Wildman–Crippen LogP) is 3.46. The third-order valence-electron chi connectivity index (χ3n) is 3.24. The molecule has 0 saturated carbocycles. The van der Waals surface area contributed by atoms with Gasteiger partial charge in [-0.25, -0.2) is 0 Å². The molecular formula is C17H20N2O. The first-order valence-corrected chi connectivity index (χ1v) is 6.76. The largest absolute Gasteiger partial charge is 0.397 e. The number of amides is 1. The number of aryl methyl sites for hydroxylation is 3. The van der Waals surface area contributed by atoms with E-state index in [0.29, 0.717) is 17.8 Å². The molecule has 104 valence electrons. The van der Waals surface area contributed by atoms with Crippen LogP contribution in [0.4, 0.5) is 11.4 Å².